The van der Waals surface area contributed by atoms with E-state index in [4.69, 9.17) is 4.74 Å². The molecule has 0 N–H and O–H groups in total. The average Bonchev–Trinajstić information content (AvgIpc) is 2.39. The molecular formula is C17H28N2O. The third-order valence-corrected chi connectivity index (χ3v) is 3.86. The molecule has 2 rings (SSSR count). The predicted molar refractivity (Wildman–Crippen MR) is 86.0 cm³/mol. The molecule has 1 heterocycles. The van der Waals surface area contributed by atoms with Crippen molar-refractivity contribution in [3.63, 3.8) is 0 Å². The van der Waals surface area contributed by atoms with E-state index in [2.05, 4.69) is 62.7 Å². The maximum absolute atomic E-state index is 6.06. The summed E-state index contributed by atoms with van der Waals surface area (Å²) in [6.07, 6.45) is 0.212. The molecule has 1 saturated heterocycles. The Balaban J connectivity index is 2.26. The predicted octanol–water partition coefficient (Wildman–Crippen LogP) is 3.35. The minimum Gasteiger partial charge on any atom is -0.489 e. The smallest absolute Gasteiger partial charge is 0.143 e. The van der Waals surface area contributed by atoms with Gasteiger partial charge >= 0.3 is 0 Å². The Bertz CT molecular complexity index is 435. The summed E-state index contributed by atoms with van der Waals surface area (Å²) in [5.41, 5.74) is 2.59. The van der Waals surface area contributed by atoms with Gasteiger partial charge in [0.1, 0.15) is 5.75 Å². The van der Waals surface area contributed by atoms with Crippen LogP contribution in [0.1, 0.15) is 39.2 Å². The lowest BCUT2D eigenvalue weighted by atomic mass is 10.0. The van der Waals surface area contributed by atoms with Crippen LogP contribution in [0.15, 0.2) is 18.2 Å². The summed E-state index contributed by atoms with van der Waals surface area (Å²) >= 11 is 0. The van der Waals surface area contributed by atoms with E-state index in [9.17, 15) is 0 Å². The summed E-state index contributed by atoms with van der Waals surface area (Å²) in [5.74, 6) is 1.57. The van der Waals surface area contributed by atoms with Crippen molar-refractivity contribution in [2.45, 2.75) is 39.7 Å². The van der Waals surface area contributed by atoms with Crippen LogP contribution in [0.3, 0.4) is 0 Å². The Kier molecular flexibility index (Phi) is 4.92. The zero-order chi connectivity index (χ0) is 14.7. The monoisotopic (exact) mass is 276 g/mol. The summed E-state index contributed by atoms with van der Waals surface area (Å²) in [6.45, 7) is 13.0. The van der Waals surface area contributed by atoms with Crippen LogP contribution in [0, 0.1) is 0 Å². The molecule has 0 aliphatic carbocycles. The number of rotatable bonds is 4. The van der Waals surface area contributed by atoms with E-state index < -0.39 is 0 Å². The average molecular weight is 276 g/mol. The van der Waals surface area contributed by atoms with Gasteiger partial charge in [-0.3, -0.25) is 0 Å². The fourth-order valence-electron chi connectivity index (χ4n) is 2.55. The van der Waals surface area contributed by atoms with Crippen LogP contribution in [-0.4, -0.2) is 44.2 Å². The topological polar surface area (TPSA) is 15.7 Å². The van der Waals surface area contributed by atoms with Gasteiger partial charge in [0.25, 0.3) is 0 Å². The summed E-state index contributed by atoms with van der Waals surface area (Å²) in [7, 11) is 2.19. The van der Waals surface area contributed by atoms with E-state index in [1.165, 1.54) is 11.3 Å². The van der Waals surface area contributed by atoms with Crippen molar-refractivity contribution in [2.75, 3.05) is 38.1 Å². The molecule has 0 saturated carbocycles. The van der Waals surface area contributed by atoms with Crippen LogP contribution in [-0.2, 0) is 0 Å². The maximum Gasteiger partial charge on any atom is 0.143 e. The molecule has 3 heteroatoms. The highest BCUT2D eigenvalue weighted by Crippen LogP contribution is 2.33. The Morgan fingerprint density at radius 3 is 2.20 bits per heavy atom. The van der Waals surface area contributed by atoms with E-state index in [0.29, 0.717) is 5.92 Å². The van der Waals surface area contributed by atoms with Gasteiger partial charge in [-0.05, 0) is 44.5 Å². The molecule has 112 valence electrons. The van der Waals surface area contributed by atoms with Crippen LogP contribution < -0.4 is 9.64 Å². The number of piperazine rings is 1. The van der Waals surface area contributed by atoms with Crippen LogP contribution in [0.5, 0.6) is 5.75 Å². The van der Waals surface area contributed by atoms with E-state index >= 15 is 0 Å². The fourth-order valence-corrected chi connectivity index (χ4v) is 2.55. The lowest BCUT2D eigenvalue weighted by molar-refractivity contribution is 0.241. The molecule has 3 nitrogen and oxygen atoms in total. The lowest BCUT2D eigenvalue weighted by Crippen LogP contribution is -2.44. The van der Waals surface area contributed by atoms with E-state index in [0.717, 1.165) is 31.9 Å². The molecule has 0 unspecified atom stereocenters. The van der Waals surface area contributed by atoms with Crippen LogP contribution >= 0.6 is 0 Å². The van der Waals surface area contributed by atoms with Gasteiger partial charge in [-0.25, -0.2) is 0 Å². The largest absolute Gasteiger partial charge is 0.489 e. The van der Waals surface area contributed by atoms with Gasteiger partial charge in [-0.15, -0.1) is 0 Å². The first-order chi connectivity index (χ1) is 9.47. The van der Waals surface area contributed by atoms with Crippen LogP contribution in [0.2, 0.25) is 0 Å². The summed E-state index contributed by atoms with van der Waals surface area (Å²) < 4.78 is 6.06. The summed E-state index contributed by atoms with van der Waals surface area (Å²) in [5, 5.41) is 0. The highest BCUT2D eigenvalue weighted by molar-refractivity contribution is 5.60. The standard InChI is InChI=1S/C17H28N2O/c1-13(2)15-6-7-16(17(12-15)20-14(3)4)19-10-8-18(5)9-11-19/h6-7,12-14H,8-11H2,1-5H3. The molecule has 1 aliphatic heterocycles. The summed E-state index contributed by atoms with van der Waals surface area (Å²) in [6, 6.07) is 6.70. The van der Waals surface area contributed by atoms with Crippen molar-refractivity contribution in [2.24, 2.45) is 0 Å². The fraction of sp³-hybridized carbons (Fsp3) is 0.647. The number of nitrogens with zero attached hydrogens (tertiary/aromatic N) is 2. The maximum atomic E-state index is 6.06. The van der Waals surface area contributed by atoms with Crippen molar-refractivity contribution in [1.29, 1.82) is 0 Å². The quantitative estimate of drug-likeness (QED) is 0.839. The second-order valence-electron chi connectivity index (χ2n) is 6.34. The number of likely N-dealkylation sites (N-methyl/N-ethyl adjacent to an activating group) is 1. The molecule has 20 heavy (non-hydrogen) atoms. The minimum absolute atomic E-state index is 0.212. The molecule has 0 bridgehead atoms. The van der Waals surface area contributed by atoms with Gasteiger partial charge in [0.05, 0.1) is 11.8 Å². The second kappa shape index (κ2) is 6.49. The third-order valence-electron chi connectivity index (χ3n) is 3.86. The van der Waals surface area contributed by atoms with Gasteiger partial charge in [0.15, 0.2) is 0 Å². The Morgan fingerprint density at radius 2 is 1.65 bits per heavy atom. The molecule has 1 aliphatic rings. The molecule has 0 atom stereocenters. The Hall–Kier alpha value is -1.22. The molecule has 1 aromatic rings. The molecule has 0 spiro atoms. The third kappa shape index (κ3) is 3.66. The number of hydrogen-bond acceptors (Lipinski definition) is 3. The molecule has 0 aromatic heterocycles. The van der Waals surface area contributed by atoms with Crippen LogP contribution in [0.25, 0.3) is 0 Å². The van der Waals surface area contributed by atoms with Crippen molar-refractivity contribution in [3.8, 4) is 5.75 Å². The number of anilines is 1. The molecular weight excluding hydrogens is 248 g/mol. The Morgan fingerprint density at radius 1 is 1.00 bits per heavy atom. The van der Waals surface area contributed by atoms with Gasteiger partial charge in [0, 0.05) is 26.2 Å². The highest BCUT2D eigenvalue weighted by Gasteiger charge is 2.19. The lowest BCUT2D eigenvalue weighted by Gasteiger charge is -2.35. The van der Waals surface area contributed by atoms with Crippen molar-refractivity contribution in [1.82, 2.24) is 4.90 Å². The normalized spacial score (nSPS) is 17.1. The molecule has 0 radical (unpaired) electrons. The minimum atomic E-state index is 0.212. The van der Waals surface area contributed by atoms with E-state index in [1.807, 2.05) is 0 Å². The molecule has 0 amide bonds. The van der Waals surface area contributed by atoms with Gasteiger partial charge in [-0.1, -0.05) is 19.9 Å². The Labute approximate surface area is 123 Å². The number of hydrogen-bond donors (Lipinski definition) is 0. The van der Waals surface area contributed by atoms with Crippen LogP contribution in [0.4, 0.5) is 5.69 Å². The van der Waals surface area contributed by atoms with Crippen molar-refractivity contribution >= 4 is 5.69 Å². The van der Waals surface area contributed by atoms with Crippen molar-refractivity contribution < 1.29 is 4.74 Å². The number of ether oxygens (including phenoxy) is 1. The van der Waals surface area contributed by atoms with Gasteiger partial charge in [-0.2, -0.15) is 0 Å². The number of benzene rings is 1. The first-order valence-electron chi connectivity index (χ1n) is 7.71. The van der Waals surface area contributed by atoms with E-state index in [1.54, 1.807) is 0 Å². The second-order valence-corrected chi connectivity index (χ2v) is 6.34. The van der Waals surface area contributed by atoms with Gasteiger partial charge in [0.2, 0.25) is 0 Å². The van der Waals surface area contributed by atoms with E-state index in [-0.39, 0.29) is 6.10 Å². The zero-order valence-electron chi connectivity index (χ0n) is 13.5. The highest BCUT2D eigenvalue weighted by atomic mass is 16.5. The first-order valence-corrected chi connectivity index (χ1v) is 7.71. The SMILES string of the molecule is CC(C)Oc1cc(C(C)C)ccc1N1CCN(C)CC1. The molecule has 1 aromatic carbocycles. The van der Waals surface area contributed by atoms with Crippen molar-refractivity contribution in [3.05, 3.63) is 23.8 Å². The zero-order valence-corrected chi connectivity index (χ0v) is 13.5. The molecule has 1 fully saturated rings. The first kappa shape index (κ1) is 15.2. The van der Waals surface area contributed by atoms with Gasteiger partial charge < -0.3 is 14.5 Å². The summed E-state index contributed by atoms with van der Waals surface area (Å²) in [4.78, 5) is 4.82.